The van der Waals surface area contributed by atoms with Gasteiger partial charge in [0.05, 0.1) is 0 Å². The molecule has 0 atom stereocenters. The van der Waals surface area contributed by atoms with Gasteiger partial charge in [0, 0.05) is 0 Å². The summed E-state index contributed by atoms with van der Waals surface area (Å²) in [5, 5.41) is 31.2. The van der Waals surface area contributed by atoms with Gasteiger partial charge < -0.3 is 20.2 Å². The zero-order valence-electron chi connectivity index (χ0n) is 5.32. The van der Waals surface area contributed by atoms with Crippen LogP contribution in [0.4, 0.5) is 11.9 Å². The Morgan fingerprint density at radius 2 is 1.08 bits per heavy atom. The van der Waals surface area contributed by atoms with E-state index in [1.807, 2.05) is 0 Å². The molecule has 0 bridgehead atoms. The lowest BCUT2D eigenvalue weighted by atomic mass is 11.0. The van der Waals surface area contributed by atoms with E-state index >= 15 is 0 Å². The first-order chi connectivity index (χ1) is 5.61. The largest absolute Gasteiger partial charge is 0.542 e. The molecule has 10 nitrogen and oxygen atoms in total. The van der Waals surface area contributed by atoms with Crippen LogP contribution in [0.25, 0.3) is 0 Å². The van der Waals surface area contributed by atoms with E-state index in [9.17, 15) is 20.2 Å². The highest BCUT2D eigenvalue weighted by atomic mass is 16.6. The van der Waals surface area contributed by atoms with Crippen molar-refractivity contribution in [3.05, 3.63) is 20.2 Å². The Hall–Kier alpha value is -2.26. The second kappa shape index (κ2) is 2.77. The summed E-state index contributed by atoms with van der Waals surface area (Å²) in [6.45, 7) is 0. The molecule has 0 radical (unpaired) electrons. The summed E-state index contributed by atoms with van der Waals surface area (Å²) in [6, 6.07) is 0. The standard InChI is InChI=1S/C2N6O4/c9-7(10)1-3-5-2(6-4-1)8(11)12. The first-order valence-electron chi connectivity index (χ1n) is 2.47. The molecule has 0 aliphatic rings. The minimum Gasteiger partial charge on any atom is -0.390 e. The van der Waals surface area contributed by atoms with Gasteiger partial charge in [-0.15, -0.1) is 0 Å². The Kier molecular flexibility index (Phi) is 1.81. The van der Waals surface area contributed by atoms with Crippen LogP contribution in [0, 0.1) is 20.2 Å². The first-order valence-corrected chi connectivity index (χ1v) is 2.47. The van der Waals surface area contributed by atoms with Crippen LogP contribution in [-0.4, -0.2) is 30.2 Å². The number of hydrogen-bond donors (Lipinski definition) is 0. The minimum atomic E-state index is -0.955. The molecule has 10 heteroatoms. The van der Waals surface area contributed by atoms with E-state index in [4.69, 9.17) is 0 Å². The molecule has 0 aromatic carbocycles. The number of nitrogens with zero attached hydrogens (tertiary/aromatic N) is 6. The van der Waals surface area contributed by atoms with Crippen LogP contribution in [-0.2, 0) is 0 Å². The molecular formula is C2N6O4. The second-order valence-electron chi connectivity index (χ2n) is 1.51. The summed E-state index contributed by atoms with van der Waals surface area (Å²) in [5.74, 6) is -1.75. The molecule has 0 aliphatic heterocycles. The molecule has 0 spiro atoms. The number of nitro groups is 2. The van der Waals surface area contributed by atoms with Crippen molar-refractivity contribution in [1.82, 2.24) is 20.4 Å². The lowest BCUT2D eigenvalue weighted by Gasteiger charge is -1.85. The van der Waals surface area contributed by atoms with Crippen molar-refractivity contribution in [2.75, 3.05) is 0 Å². The van der Waals surface area contributed by atoms with Gasteiger partial charge in [0.25, 0.3) is 0 Å². The summed E-state index contributed by atoms with van der Waals surface area (Å²) in [4.78, 5) is 17.9. The summed E-state index contributed by atoms with van der Waals surface area (Å²) in [6.07, 6.45) is 0. The van der Waals surface area contributed by atoms with Crippen molar-refractivity contribution in [2.24, 2.45) is 0 Å². The van der Waals surface area contributed by atoms with Crippen LogP contribution in [0.1, 0.15) is 0 Å². The molecule has 1 aromatic heterocycles. The summed E-state index contributed by atoms with van der Waals surface area (Å²) in [5.41, 5.74) is 0. The number of rotatable bonds is 2. The molecular weight excluding hydrogens is 172 g/mol. The first kappa shape index (κ1) is 7.84. The average molecular weight is 172 g/mol. The third-order valence-corrected chi connectivity index (χ3v) is 0.784. The Labute approximate surface area is 63.6 Å². The van der Waals surface area contributed by atoms with E-state index in [-0.39, 0.29) is 0 Å². The maximum absolute atomic E-state index is 9.91. The molecule has 1 heterocycles. The van der Waals surface area contributed by atoms with Crippen LogP contribution < -0.4 is 0 Å². The molecule has 0 aliphatic carbocycles. The van der Waals surface area contributed by atoms with Crippen LogP contribution in [0.3, 0.4) is 0 Å². The molecule has 12 heavy (non-hydrogen) atoms. The van der Waals surface area contributed by atoms with E-state index < -0.39 is 21.7 Å². The molecule has 0 amide bonds. The fraction of sp³-hybridized carbons (Fsp3) is 0. The molecule has 62 valence electrons. The predicted molar refractivity (Wildman–Crippen MR) is 30.9 cm³/mol. The lowest BCUT2D eigenvalue weighted by molar-refractivity contribution is -0.405. The van der Waals surface area contributed by atoms with Crippen LogP contribution >= 0.6 is 0 Å². The molecule has 0 fully saturated rings. The van der Waals surface area contributed by atoms with Gasteiger partial charge in [-0.3, -0.25) is 0 Å². The Morgan fingerprint density at radius 1 is 0.833 bits per heavy atom. The van der Waals surface area contributed by atoms with E-state index in [1.165, 1.54) is 0 Å². The zero-order valence-corrected chi connectivity index (χ0v) is 5.32. The van der Waals surface area contributed by atoms with Crippen molar-refractivity contribution in [2.45, 2.75) is 0 Å². The zero-order chi connectivity index (χ0) is 9.14. The van der Waals surface area contributed by atoms with Gasteiger partial charge in [0.15, 0.2) is 0 Å². The molecule has 1 aromatic rings. The smallest absolute Gasteiger partial charge is 0.390 e. The molecule has 0 unspecified atom stereocenters. The summed E-state index contributed by atoms with van der Waals surface area (Å²) in [7, 11) is 0. The quantitative estimate of drug-likeness (QED) is 0.412. The van der Waals surface area contributed by atoms with E-state index in [0.29, 0.717) is 0 Å². The van der Waals surface area contributed by atoms with Crippen molar-refractivity contribution in [3.63, 3.8) is 0 Å². The van der Waals surface area contributed by atoms with Crippen molar-refractivity contribution in [1.29, 1.82) is 0 Å². The molecule has 0 saturated carbocycles. The highest BCUT2D eigenvalue weighted by Gasteiger charge is 2.21. The maximum atomic E-state index is 9.91. The third-order valence-electron chi connectivity index (χ3n) is 0.784. The maximum Gasteiger partial charge on any atom is 0.542 e. The molecule has 0 saturated heterocycles. The van der Waals surface area contributed by atoms with Gasteiger partial charge in [-0.1, -0.05) is 0 Å². The fourth-order valence-electron chi connectivity index (χ4n) is 0.365. The Balaban J connectivity index is 3.01. The summed E-state index contributed by atoms with van der Waals surface area (Å²) >= 11 is 0. The number of hydrogen-bond acceptors (Lipinski definition) is 8. The van der Waals surface area contributed by atoms with E-state index in [0.717, 1.165) is 0 Å². The minimum absolute atomic E-state index is 0.874. The predicted octanol–water partition coefficient (Wildman–Crippen LogP) is -0.917. The normalized spacial score (nSPS) is 9.33. The van der Waals surface area contributed by atoms with Crippen molar-refractivity contribution in [3.8, 4) is 0 Å². The topological polar surface area (TPSA) is 138 Å². The Morgan fingerprint density at radius 3 is 1.25 bits per heavy atom. The number of aromatic nitrogens is 4. The van der Waals surface area contributed by atoms with Crippen LogP contribution in [0.2, 0.25) is 0 Å². The second-order valence-corrected chi connectivity index (χ2v) is 1.51. The fourth-order valence-corrected chi connectivity index (χ4v) is 0.365. The van der Waals surface area contributed by atoms with Crippen LogP contribution in [0.15, 0.2) is 0 Å². The van der Waals surface area contributed by atoms with Gasteiger partial charge in [0.1, 0.15) is 20.4 Å². The van der Waals surface area contributed by atoms with Gasteiger partial charge >= 0.3 is 11.9 Å². The van der Waals surface area contributed by atoms with Gasteiger partial charge in [0.2, 0.25) is 0 Å². The van der Waals surface area contributed by atoms with E-state index in [1.54, 1.807) is 0 Å². The highest BCUT2D eigenvalue weighted by molar-refractivity contribution is 5.01. The lowest BCUT2D eigenvalue weighted by Crippen LogP contribution is -2.04. The van der Waals surface area contributed by atoms with Gasteiger partial charge in [-0.2, -0.15) is 0 Å². The third kappa shape index (κ3) is 1.42. The van der Waals surface area contributed by atoms with Gasteiger partial charge in [-0.05, 0) is 9.85 Å². The van der Waals surface area contributed by atoms with Crippen molar-refractivity contribution >= 4 is 11.9 Å². The Bertz CT molecular complexity index is 286. The SMILES string of the molecule is O=[N+]([O-])c1nnc([N+](=O)[O-])nn1. The van der Waals surface area contributed by atoms with Crippen molar-refractivity contribution < 1.29 is 9.85 Å². The van der Waals surface area contributed by atoms with Gasteiger partial charge in [-0.25, -0.2) is 0 Å². The van der Waals surface area contributed by atoms with E-state index in [2.05, 4.69) is 20.4 Å². The summed E-state index contributed by atoms with van der Waals surface area (Å²) < 4.78 is 0. The highest BCUT2D eigenvalue weighted by Crippen LogP contribution is 2.00. The monoisotopic (exact) mass is 172 g/mol. The molecule has 1 rings (SSSR count). The average Bonchev–Trinajstić information content (AvgIpc) is 2.04. The molecule has 0 N–H and O–H groups in total. The van der Waals surface area contributed by atoms with Crippen LogP contribution in [0.5, 0.6) is 0 Å².